The molecule has 0 fully saturated rings. The van der Waals surface area contributed by atoms with E-state index in [1.807, 2.05) is 0 Å². The molecule has 0 spiro atoms. The molecule has 0 aromatic rings. The molecule has 16 heavy (non-hydrogen) atoms. The highest BCUT2D eigenvalue weighted by atomic mass is 32.2. The van der Waals surface area contributed by atoms with Crippen LogP contribution in [0.25, 0.3) is 0 Å². The number of carbonyl (C=O) groups excluding carboxylic acids is 1. The van der Waals surface area contributed by atoms with E-state index in [9.17, 15) is 22.0 Å². The van der Waals surface area contributed by atoms with Crippen molar-refractivity contribution in [1.29, 1.82) is 0 Å². The van der Waals surface area contributed by atoms with Crippen molar-refractivity contribution < 1.29 is 26.7 Å². The summed E-state index contributed by atoms with van der Waals surface area (Å²) in [6.07, 6.45) is 0.517. The fourth-order valence-corrected chi connectivity index (χ4v) is 2.18. The van der Waals surface area contributed by atoms with E-state index >= 15 is 0 Å². The summed E-state index contributed by atoms with van der Waals surface area (Å²) in [6, 6.07) is 0. The summed E-state index contributed by atoms with van der Waals surface area (Å²) in [4.78, 5) is 11.3. The molecule has 1 N–H and O–H groups in total. The van der Waals surface area contributed by atoms with E-state index < -0.39 is 27.3 Å². The fourth-order valence-electron chi connectivity index (χ4n) is 1.28. The van der Waals surface area contributed by atoms with E-state index in [2.05, 4.69) is 4.74 Å². The van der Waals surface area contributed by atoms with Gasteiger partial charge in [-0.05, 0) is 13.3 Å². The predicted molar refractivity (Wildman–Crippen MR) is 53.4 cm³/mol. The van der Waals surface area contributed by atoms with Crippen LogP contribution in [0.3, 0.4) is 0 Å². The molecule has 0 bridgehead atoms. The summed E-state index contributed by atoms with van der Waals surface area (Å²) in [5.74, 6) is -4.47. The van der Waals surface area contributed by atoms with Gasteiger partial charge in [0.25, 0.3) is 10.0 Å². The van der Waals surface area contributed by atoms with Crippen LogP contribution in [0.5, 0.6) is 0 Å². The Labute approximate surface area is 93.2 Å². The van der Waals surface area contributed by atoms with Gasteiger partial charge in [0.05, 0.1) is 7.11 Å². The molecule has 0 heterocycles. The highest BCUT2D eigenvalue weighted by Gasteiger charge is 2.40. The molecular weight excluding hydrogens is 244 g/mol. The molecule has 0 aliphatic rings. The Balaban J connectivity index is 5.03. The second-order valence-electron chi connectivity index (χ2n) is 3.48. The number of sulfonamides is 1. The van der Waals surface area contributed by atoms with Crippen LogP contribution in [0.15, 0.2) is 0 Å². The van der Waals surface area contributed by atoms with Crippen LogP contribution in [0.1, 0.15) is 26.7 Å². The first-order chi connectivity index (χ1) is 7.19. The zero-order chi connectivity index (χ0) is 13.0. The van der Waals surface area contributed by atoms with Crippen molar-refractivity contribution in [1.82, 2.24) is 4.72 Å². The number of alkyl halides is 2. The van der Waals surface area contributed by atoms with Gasteiger partial charge in [0.2, 0.25) is 0 Å². The predicted octanol–water partition coefficient (Wildman–Crippen LogP) is 0.860. The average Bonchev–Trinajstić information content (AvgIpc) is 2.15. The summed E-state index contributed by atoms with van der Waals surface area (Å²) in [5, 5.41) is 0. The summed E-state index contributed by atoms with van der Waals surface area (Å²) in [6.45, 7) is 2.90. The highest BCUT2D eigenvalue weighted by molar-refractivity contribution is 7.89. The largest absolute Gasteiger partial charge is 0.468 e. The Morgan fingerprint density at radius 1 is 1.50 bits per heavy atom. The van der Waals surface area contributed by atoms with Crippen LogP contribution >= 0.6 is 0 Å². The molecule has 96 valence electrons. The van der Waals surface area contributed by atoms with Gasteiger partial charge >= 0.3 is 11.7 Å². The first-order valence-corrected chi connectivity index (χ1v) is 6.13. The third-order valence-corrected chi connectivity index (χ3v) is 3.19. The molecule has 0 aromatic heterocycles. The average molecular weight is 259 g/mol. The van der Waals surface area contributed by atoms with Crippen molar-refractivity contribution in [3.63, 3.8) is 0 Å². The zero-order valence-corrected chi connectivity index (χ0v) is 10.1. The lowest BCUT2D eigenvalue weighted by Gasteiger charge is -2.26. The van der Waals surface area contributed by atoms with Crippen LogP contribution in [-0.2, 0) is 19.6 Å². The van der Waals surface area contributed by atoms with Crippen LogP contribution in [-0.4, -0.2) is 32.8 Å². The second kappa shape index (κ2) is 5.53. The van der Waals surface area contributed by atoms with Crippen molar-refractivity contribution in [2.45, 2.75) is 38.0 Å². The molecule has 0 aromatic carbocycles. The Morgan fingerprint density at radius 2 is 2.00 bits per heavy atom. The van der Waals surface area contributed by atoms with E-state index in [-0.39, 0.29) is 6.42 Å². The van der Waals surface area contributed by atoms with Gasteiger partial charge in [0.15, 0.2) is 0 Å². The number of methoxy groups -OCH3 is 1. The van der Waals surface area contributed by atoms with Gasteiger partial charge in [-0.3, -0.25) is 4.79 Å². The van der Waals surface area contributed by atoms with E-state index in [4.69, 9.17) is 0 Å². The monoisotopic (exact) mass is 259 g/mol. The minimum Gasteiger partial charge on any atom is -0.468 e. The van der Waals surface area contributed by atoms with Crippen LogP contribution in [0.4, 0.5) is 8.78 Å². The van der Waals surface area contributed by atoms with Gasteiger partial charge in [0, 0.05) is 0 Å². The van der Waals surface area contributed by atoms with Gasteiger partial charge < -0.3 is 4.74 Å². The molecule has 0 amide bonds. The molecule has 1 unspecified atom stereocenters. The Hall–Kier alpha value is -0.760. The number of rotatable bonds is 6. The number of hydrogen-bond donors (Lipinski definition) is 1. The Morgan fingerprint density at radius 3 is 2.31 bits per heavy atom. The number of nitrogens with one attached hydrogen (secondary N) is 1. The topological polar surface area (TPSA) is 72.5 Å². The molecule has 0 aliphatic carbocycles. The highest BCUT2D eigenvalue weighted by Crippen LogP contribution is 2.17. The summed E-state index contributed by atoms with van der Waals surface area (Å²) < 4.78 is 52.3. The number of esters is 1. The Kier molecular flexibility index (Phi) is 5.27. The maximum Gasteiger partial charge on any atom is 0.350 e. The molecule has 0 aliphatic heterocycles. The van der Waals surface area contributed by atoms with Gasteiger partial charge in [-0.2, -0.15) is 13.5 Å². The van der Waals surface area contributed by atoms with Crippen LogP contribution in [0.2, 0.25) is 0 Å². The van der Waals surface area contributed by atoms with Gasteiger partial charge in [-0.1, -0.05) is 13.3 Å². The Bertz CT molecular complexity index is 344. The number of halogens is 2. The molecular formula is C8H15F2NO4S. The van der Waals surface area contributed by atoms with Crippen molar-refractivity contribution in [2.75, 3.05) is 7.11 Å². The van der Waals surface area contributed by atoms with Crippen molar-refractivity contribution >= 4 is 16.0 Å². The maximum atomic E-state index is 12.1. The molecule has 8 heteroatoms. The molecule has 5 nitrogen and oxygen atoms in total. The standard InChI is InChI=1S/C8H15F2NO4S/c1-4-5-8(2,6(12)15-3)11-16(13,14)7(9)10/h7,11H,4-5H2,1-3H3. The van der Waals surface area contributed by atoms with Gasteiger partial charge in [-0.15, -0.1) is 0 Å². The molecule has 1 atom stereocenters. The third kappa shape index (κ3) is 3.67. The minimum atomic E-state index is -4.82. The maximum absolute atomic E-state index is 12.1. The number of ether oxygens (including phenoxy) is 1. The first kappa shape index (κ1) is 15.2. The van der Waals surface area contributed by atoms with E-state index in [0.717, 1.165) is 7.11 Å². The van der Waals surface area contributed by atoms with Gasteiger partial charge in [0.1, 0.15) is 5.54 Å². The smallest absolute Gasteiger partial charge is 0.350 e. The van der Waals surface area contributed by atoms with Crippen LogP contribution in [0, 0.1) is 0 Å². The lowest BCUT2D eigenvalue weighted by atomic mass is 9.98. The molecule has 0 saturated heterocycles. The summed E-state index contributed by atoms with van der Waals surface area (Å²) in [5.41, 5.74) is -1.65. The lowest BCUT2D eigenvalue weighted by Crippen LogP contribution is -2.53. The number of hydrogen-bond acceptors (Lipinski definition) is 4. The summed E-state index contributed by atoms with van der Waals surface area (Å²) in [7, 11) is -3.75. The fraction of sp³-hybridized carbons (Fsp3) is 0.875. The van der Waals surface area contributed by atoms with Gasteiger partial charge in [-0.25, -0.2) is 8.42 Å². The third-order valence-electron chi connectivity index (χ3n) is 1.99. The molecule has 0 saturated carbocycles. The quantitative estimate of drug-likeness (QED) is 0.718. The normalized spacial score (nSPS) is 15.9. The van der Waals surface area contributed by atoms with Crippen molar-refractivity contribution in [2.24, 2.45) is 0 Å². The van der Waals surface area contributed by atoms with Crippen molar-refractivity contribution in [3.05, 3.63) is 0 Å². The van der Waals surface area contributed by atoms with E-state index in [1.165, 1.54) is 6.92 Å². The molecule has 0 rings (SSSR count). The second-order valence-corrected chi connectivity index (χ2v) is 5.13. The van der Waals surface area contributed by atoms with E-state index in [1.54, 1.807) is 11.6 Å². The van der Waals surface area contributed by atoms with E-state index in [0.29, 0.717) is 6.42 Å². The molecule has 0 radical (unpaired) electrons. The SMILES string of the molecule is CCCC(C)(NS(=O)(=O)C(F)F)C(=O)OC. The summed E-state index contributed by atoms with van der Waals surface area (Å²) >= 11 is 0. The van der Waals surface area contributed by atoms with Crippen LogP contribution < -0.4 is 4.72 Å². The minimum absolute atomic E-state index is 0.0750. The number of carbonyl (C=O) groups is 1. The zero-order valence-electron chi connectivity index (χ0n) is 9.29. The first-order valence-electron chi connectivity index (χ1n) is 4.59. The van der Waals surface area contributed by atoms with Crippen molar-refractivity contribution in [3.8, 4) is 0 Å². The lowest BCUT2D eigenvalue weighted by molar-refractivity contribution is -0.147.